The minimum atomic E-state index is 0.0843. The van der Waals surface area contributed by atoms with Gasteiger partial charge >= 0.3 is 0 Å². The van der Waals surface area contributed by atoms with E-state index in [0.717, 1.165) is 24.5 Å². The molecule has 2 aromatic rings. The molecule has 1 aliphatic heterocycles. The molecule has 1 aliphatic rings. The Morgan fingerprint density at radius 1 is 1.00 bits per heavy atom. The molecule has 0 saturated carbocycles. The van der Waals surface area contributed by atoms with Gasteiger partial charge in [0.15, 0.2) is 5.82 Å². The lowest BCUT2D eigenvalue weighted by Gasteiger charge is -2.35. The van der Waals surface area contributed by atoms with Gasteiger partial charge in [-0.1, -0.05) is 18.2 Å². The van der Waals surface area contributed by atoms with E-state index in [2.05, 4.69) is 15.1 Å². The summed E-state index contributed by atoms with van der Waals surface area (Å²) >= 11 is 0. The van der Waals surface area contributed by atoms with Gasteiger partial charge in [-0.15, -0.1) is 10.2 Å². The Kier molecular flexibility index (Phi) is 4.18. The van der Waals surface area contributed by atoms with Crippen LogP contribution in [-0.2, 0) is 0 Å². The molecule has 1 saturated heterocycles. The van der Waals surface area contributed by atoms with Gasteiger partial charge in [0.25, 0.3) is 5.91 Å². The highest BCUT2D eigenvalue weighted by Crippen LogP contribution is 2.16. The fourth-order valence-corrected chi connectivity index (χ4v) is 2.49. The normalized spacial score (nSPS) is 14.8. The van der Waals surface area contributed by atoms with E-state index in [9.17, 15) is 4.79 Å². The molecule has 1 aromatic heterocycles. The van der Waals surface area contributed by atoms with E-state index >= 15 is 0 Å². The minimum absolute atomic E-state index is 0.0843. The molecule has 0 spiro atoms. The number of nitrogens with zero attached hydrogens (tertiary/aromatic N) is 4. The van der Waals surface area contributed by atoms with Crippen molar-refractivity contribution >= 4 is 11.7 Å². The molecule has 1 aromatic carbocycles. The van der Waals surface area contributed by atoms with E-state index in [0.29, 0.717) is 19.0 Å². The van der Waals surface area contributed by atoms with Crippen LogP contribution in [0.4, 0.5) is 5.82 Å². The van der Waals surface area contributed by atoms with Crippen LogP contribution < -0.4 is 9.64 Å². The van der Waals surface area contributed by atoms with Crippen LogP contribution in [0.3, 0.4) is 0 Å². The summed E-state index contributed by atoms with van der Waals surface area (Å²) in [6, 6.07) is 13.1. The largest absolute Gasteiger partial charge is 0.480 e. The third-order valence-corrected chi connectivity index (χ3v) is 3.75. The molecule has 1 amide bonds. The predicted octanol–water partition coefficient (Wildman–Crippen LogP) is 1.45. The first kappa shape index (κ1) is 14.3. The second kappa shape index (κ2) is 6.43. The Labute approximate surface area is 129 Å². The molecule has 22 heavy (non-hydrogen) atoms. The van der Waals surface area contributed by atoms with Gasteiger partial charge in [0.1, 0.15) is 0 Å². The predicted molar refractivity (Wildman–Crippen MR) is 83.1 cm³/mol. The first-order valence-electron chi connectivity index (χ1n) is 7.25. The molecule has 3 rings (SSSR count). The van der Waals surface area contributed by atoms with Crippen molar-refractivity contribution in [3.05, 3.63) is 48.0 Å². The smallest absolute Gasteiger partial charge is 0.253 e. The number of amides is 1. The van der Waals surface area contributed by atoms with Crippen LogP contribution in [0.5, 0.6) is 5.88 Å². The molecule has 6 nitrogen and oxygen atoms in total. The second-order valence-electron chi connectivity index (χ2n) is 5.08. The number of benzene rings is 1. The molecular formula is C16H18N4O2. The van der Waals surface area contributed by atoms with Crippen LogP contribution in [0.2, 0.25) is 0 Å². The van der Waals surface area contributed by atoms with Crippen molar-refractivity contribution in [3.63, 3.8) is 0 Å². The fraction of sp³-hybridized carbons (Fsp3) is 0.312. The number of ether oxygens (including phenoxy) is 1. The van der Waals surface area contributed by atoms with Crippen LogP contribution in [0, 0.1) is 0 Å². The lowest BCUT2D eigenvalue weighted by Crippen LogP contribution is -2.49. The third kappa shape index (κ3) is 3.00. The highest BCUT2D eigenvalue weighted by atomic mass is 16.5. The van der Waals surface area contributed by atoms with Crippen molar-refractivity contribution in [2.75, 3.05) is 38.2 Å². The van der Waals surface area contributed by atoms with Crippen molar-refractivity contribution < 1.29 is 9.53 Å². The van der Waals surface area contributed by atoms with Gasteiger partial charge < -0.3 is 14.5 Å². The fourth-order valence-electron chi connectivity index (χ4n) is 2.49. The summed E-state index contributed by atoms with van der Waals surface area (Å²) in [6.45, 7) is 2.86. The molecule has 2 heterocycles. The molecular weight excluding hydrogens is 280 g/mol. The monoisotopic (exact) mass is 298 g/mol. The van der Waals surface area contributed by atoms with Gasteiger partial charge in [-0.05, 0) is 18.2 Å². The van der Waals surface area contributed by atoms with E-state index in [1.54, 1.807) is 13.2 Å². The van der Waals surface area contributed by atoms with Crippen LogP contribution in [0.15, 0.2) is 42.5 Å². The maximum Gasteiger partial charge on any atom is 0.253 e. The van der Waals surface area contributed by atoms with Crippen molar-refractivity contribution in [2.24, 2.45) is 0 Å². The summed E-state index contributed by atoms with van der Waals surface area (Å²) in [7, 11) is 1.57. The number of hydrogen-bond acceptors (Lipinski definition) is 5. The summed E-state index contributed by atoms with van der Waals surface area (Å²) in [4.78, 5) is 16.4. The second-order valence-corrected chi connectivity index (χ2v) is 5.08. The summed E-state index contributed by atoms with van der Waals surface area (Å²) in [5.41, 5.74) is 0.736. The lowest BCUT2D eigenvalue weighted by molar-refractivity contribution is 0.0746. The molecule has 0 radical (unpaired) electrons. The topological polar surface area (TPSA) is 58.6 Å². The Morgan fingerprint density at radius 3 is 2.32 bits per heavy atom. The van der Waals surface area contributed by atoms with Crippen LogP contribution >= 0.6 is 0 Å². The van der Waals surface area contributed by atoms with Gasteiger partial charge in [0.05, 0.1) is 7.11 Å². The number of methoxy groups -OCH3 is 1. The van der Waals surface area contributed by atoms with Crippen LogP contribution in [-0.4, -0.2) is 54.3 Å². The maximum atomic E-state index is 12.4. The Morgan fingerprint density at radius 2 is 1.73 bits per heavy atom. The Hall–Kier alpha value is -2.63. The van der Waals surface area contributed by atoms with E-state index in [4.69, 9.17) is 4.74 Å². The van der Waals surface area contributed by atoms with E-state index in [-0.39, 0.29) is 5.91 Å². The van der Waals surface area contributed by atoms with E-state index in [1.165, 1.54) is 0 Å². The van der Waals surface area contributed by atoms with Crippen molar-refractivity contribution in [3.8, 4) is 5.88 Å². The first-order valence-corrected chi connectivity index (χ1v) is 7.25. The molecule has 1 fully saturated rings. The SMILES string of the molecule is COc1ccc(N2CCN(C(=O)c3ccccc3)CC2)nn1. The summed E-state index contributed by atoms with van der Waals surface area (Å²) in [6.07, 6.45) is 0. The number of aromatic nitrogens is 2. The number of carbonyl (C=O) groups is 1. The standard InChI is InChI=1S/C16H18N4O2/c1-22-15-8-7-14(17-18-15)19-9-11-20(12-10-19)16(21)13-5-3-2-4-6-13/h2-8H,9-12H2,1H3. The van der Waals surface area contributed by atoms with Crippen LogP contribution in [0.1, 0.15) is 10.4 Å². The average molecular weight is 298 g/mol. The zero-order chi connectivity index (χ0) is 15.4. The number of piperazine rings is 1. The molecule has 0 unspecified atom stereocenters. The van der Waals surface area contributed by atoms with E-state index in [1.807, 2.05) is 41.3 Å². The zero-order valence-corrected chi connectivity index (χ0v) is 12.5. The number of carbonyl (C=O) groups excluding carboxylic acids is 1. The third-order valence-electron chi connectivity index (χ3n) is 3.75. The summed E-state index contributed by atoms with van der Waals surface area (Å²) in [5, 5.41) is 8.13. The minimum Gasteiger partial charge on any atom is -0.480 e. The molecule has 0 atom stereocenters. The number of anilines is 1. The van der Waals surface area contributed by atoms with Crippen molar-refractivity contribution in [1.29, 1.82) is 0 Å². The molecule has 114 valence electrons. The van der Waals surface area contributed by atoms with Crippen molar-refractivity contribution in [2.45, 2.75) is 0 Å². The van der Waals surface area contributed by atoms with Crippen molar-refractivity contribution in [1.82, 2.24) is 15.1 Å². The highest BCUT2D eigenvalue weighted by molar-refractivity contribution is 5.94. The molecule has 0 aliphatic carbocycles. The maximum absolute atomic E-state index is 12.4. The molecule has 6 heteroatoms. The Balaban J connectivity index is 1.61. The van der Waals surface area contributed by atoms with Gasteiger partial charge in [-0.25, -0.2) is 0 Å². The highest BCUT2D eigenvalue weighted by Gasteiger charge is 2.22. The number of rotatable bonds is 3. The van der Waals surface area contributed by atoms with Crippen LogP contribution in [0.25, 0.3) is 0 Å². The average Bonchev–Trinajstić information content (AvgIpc) is 2.62. The quantitative estimate of drug-likeness (QED) is 0.858. The van der Waals surface area contributed by atoms with Gasteiger partial charge in [-0.3, -0.25) is 4.79 Å². The summed E-state index contributed by atoms with van der Waals surface area (Å²) < 4.78 is 5.01. The van der Waals surface area contributed by atoms with Gasteiger partial charge in [-0.2, -0.15) is 0 Å². The Bertz CT molecular complexity index is 622. The molecule has 0 bridgehead atoms. The summed E-state index contributed by atoms with van der Waals surface area (Å²) in [5.74, 6) is 1.40. The van der Waals surface area contributed by atoms with E-state index < -0.39 is 0 Å². The number of hydrogen-bond donors (Lipinski definition) is 0. The first-order chi connectivity index (χ1) is 10.8. The van der Waals surface area contributed by atoms with Gasteiger partial charge in [0.2, 0.25) is 5.88 Å². The van der Waals surface area contributed by atoms with Gasteiger partial charge in [0, 0.05) is 37.8 Å². The lowest BCUT2D eigenvalue weighted by atomic mass is 10.2. The zero-order valence-electron chi connectivity index (χ0n) is 12.5. The molecule has 0 N–H and O–H groups in total.